The molecule has 0 aliphatic rings. The summed E-state index contributed by atoms with van der Waals surface area (Å²) < 4.78 is 9.01. The molecule has 0 unspecified atom stereocenters. The average molecular weight is 568 g/mol. The van der Waals surface area contributed by atoms with Crippen LogP contribution >= 0.6 is 11.3 Å². The molecular weight excluding hydrogens is 543 g/mol. The highest BCUT2D eigenvalue weighted by Gasteiger charge is 2.18. The molecule has 0 N–H and O–H groups in total. The Kier molecular flexibility index (Phi) is 5.40. The molecule has 43 heavy (non-hydrogen) atoms. The van der Waals surface area contributed by atoms with Crippen LogP contribution in [0.2, 0.25) is 0 Å². The number of para-hydroxylation sites is 1. The maximum absolute atomic E-state index is 6.43. The number of benzene rings is 7. The SMILES string of the molecule is c1ccc(-c2ccc(N(c3ccccc3)c3ccc4oc5ccc6c7cc8ccccc8cc7sc6c5c4c3)cc2)cc1. The molecule has 0 radical (unpaired) electrons. The topological polar surface area (TPSA) is 16.4 Å². The van der Waals surface area contributed by atoms with Gasteiger partial charge in [-0.25, -0.2) is 0 Å². The van der Waals surface area contributed by atoms with Crippen molar-refractivity contribution in [1.82, 2.24) is 0 Å². The van der Waals surface area contributed by atoms with E-state index in [2.05, 4.69) is 157 Å². The van der Waals surface area contributed by atoms with Gasteiger partial charge in [0.25, 0.3) is 0 Å². The van der Waals surface area contributed by atoms with Gasteiger partial charge in [0.2, 0.25) is 0 Å². The van der Waals surface area contributed by atoms with E-state index in [9.17, 15) is 0 Å². The zero-order chi connectivity index (χ0) is 28.3. The van der Waals surface area contributed by atoms with Crippen LogP contribution in [0, 0.1) is 0 Å². The third-order valence-electron chi connectivity index (χ3n) is 8.43. The Labute approximate surface area is 252 Å². The second-order valence-electron chi connectivity index (χ2n) is 11.0. The van der Waals surface area contributed by atoms with E-state index < -0.39 is 0 Å². The highest BCUT2D eigenvalue weighted by molar-refractivity contribution is 7.26. The first-order valence-electron chi connectivity index (χ1n) is 14.5. The molecular formula is C40H25NOS. The summed E-state index contributed by atoms with van der Waals surface area (Å²) in [6.07, 6.45) is 0. The van der Waals surface area contributed by atoms with Gasteiger partial charge in [0.15, 0.2) is 0 Å². The minimum atomic E-state index is 0.904. The molecule has 0 bridgehead atoms. The van der Waals surface area contributed by atoms with Gasteiger partial charge in [0.1, 0.15) is 11.2 Å². The van der Waals surface area contributed by atoms with Gasteiger partial charge in [-0.2, -0.15) is 0 Å². The molecule has 0 fully saturated rings. The van der Waals surface area contributed by atoms with E-state index in [0.29, 0.717) is 0 Å². The van der Waals surface area contributed by atoms with E-state index in [4.69, 9.17) is 4.42 Å². The van der Waals surface area contributed by atoms with Crippen LogP contribution in [0.25, 0.3) is 64.0 Å². The lowest BCUT2D eigenvalue weighted by Gasteiger charge is -2.25. The predicted molar refractivity (Wildman–Crippen MR) is 184 cm³/mol. The van der Waals surface area contributed by atoms with Gasteiger partial charge in [0, 0.05) is 48.0 Å². The van der Waals surface area contributed by atoms with Crippen LogP contribution in [-0.4, -0.2) is 0 Å². The van der Waals surface area contributed by atoms with Crippen molar-refractivity contribution in [3.8, 4) is 11.1 Å². The number of nitrogens with zero attached hydrogens (tertiary/aromatic N) is 1. The number of fused-ring (bicyclic) bond motifs is 8. The van der Waals surface area contributed by atoms with E-state index in [1.54, 1.807) is 0 Å². The molecule has 9 aromatic rings. The maximum atomic E-state index is 6.43. The first-order valence-corrected chi connectivity index (χ1v) is 15.3. The van der Waals surface area contributed by atoms with Crippen molar-refractivity contribution in [1.29, 1.82) is 0 Å². The Morgan fingerprint density at radius 2 is 1.07 bits per heavy atom. The van der Waals surface area contributed by atoms with Crippen LogP contribution < -0.4 is 4.90 Å². The zero-order valence-electron chi connectivity index (χ0n) is 23.2. The third-order valence-corrected chi connectivity index (χ3v) is 9.61. The molecule has 0 atom stereocenters. The van der Waals surface area contributed by atoms with Crippen molar-refractivity contribution in [2.75, 3.05) is 4.90 Å². The van der Waals surface area contributed by atoms with Gasteiger partial charge in [-0.1, -0.05) is 84.9 Å². The number of hydrogen-bond donors (Lipinski definition) is 0. The summed E-state index contributed by atoms with van der Waals surface area (Å²) in [4.78, 5) is 2.32. The number of rotatable bonds is 4. The Morgan fingerprint density at radius 3 is 1.86 bits per heavy atom. The molecule has 0 amide bonds. The van der Waals surface area contributed by atoms with Crippen molar-refractivity contribution in [2.45, 2.75) is 0 Å². The minimum absolute atomic E-state index is 0.904. The van der Waals surface area contributed by atoms with Crippen LogP contribution in [0.1, 0.15) is 0 Å². The largest absolute Gasteiger partial charge is 0.456 e. The molecule has 9 rings (SSSR count). The summed E-state index contributed by atoms with van der Waals surface area (Å²) in [5.41, 5.74) is 7.56. The molecule has 0 saturated carbocycles. The fraction of sp³-hybridized carbons (Fsp3) is 0. The van der Waals surface area contributed by atoms with Gasteiger partial charge < -0.3 is 9.32 Å². The highest BCUT2D eigenvalue weighted by atomic mass is 32.1. The summed E-state index contributed by atoms with van der Waals surface area (Å²) in [7, 11) is 0. The smallest absolute Gasteiger partial charge is 0.136 e. The average Bonchev–Trinajstić information content (AvgIpc) is 3.62. The molecule has 202 valence electrons. The fourth-order valence-electron chi connectivity index (χ4n) is 6.36. The van der Waals surface area contributed by atoms with E-state index in [1.165, 1.54) is 47.5 Å². The summed E-state index contributed by atoms with van der Waals surface area (Å²) in [5.74, 6) is 0. The van der Waals surface area contributed by atoms with Gasteiger partial charge in [-0.3, -0.25) is 0 Å². The normalized spacial score (nSPS) is 11.7. The number of hydrogen-bond acceptors (Lipinski definition) is 3. The number of anilines is 3. The van der Waals surface area contributed by atoms with Crippen molar-refractivity contribution >= 4 is 81.3 Å². The summed E-state index contributed by atoms with van der Waals surface area (Å²) in [6, 6.07) is 54.1. The summed E-state index contributed by atoms with van der Waals surface area (Å²) >= 11 is 1.86. The first kappa shape index (κ1) is 24.2. The van der Waals surface area contributed by atoms with Crippen LogP contribution in [0.5, 0.6) is 0 Å². The van der Waals surface area contributed by atoms with Crippen molar-refractivity contribution in [3.63, 3.8) is 0 Å². The Morgan fingerprint density at radius 1 is 0.442 bits per heavy atom. The lowest BCUT2D eigenvalue weighted by molar-refractivity contribution is 0.669. The van der Waals surface area contributed by atoms with Gasteiger partial charge in [0.05, 0.1) is 0 Å². The Balaban J connectivity index is 1.25. The standard InChI is InChI=1S/C40H25NOS/c1-3-9-26(10-4-1)27-15-17-31(18-16-27)41(30-13-5-2-6-14-30)32-19-21-36-35(25-32)39-37(42-36)22-20-33-34-23-28-11-7-8-12-29(28)24-38(34)43-40(33)39/h1-25H. The van der Waals surface area contributed by atoms with Crippen LogP contribution in [0.4, 0.5) is 17.1 Å². The Hall–Kier alpha value is -5.38. The second-order valence-corrected chi connectivity index (χ2v) is 12.0. The minimum Gasteiger partial charge on any atom is -0.456 e. The number of thiophene rings is 1. The number of furan rings is 1. The zero-order valence-corrected chi connectivity index (χ0v) is 24.0. The van der Waals surface area contributed by atoms with Crippen molar-refractivity contribution < 1.29 is 4.42 Å². The first-order chi connectivity index (χ1) is 21.3. The Bertz CT molecular complexity index is 2440. The quantitative estimate of drug-likeness (QED) is 0.210. The van der Waals surface area contributed by atoms with Crippen LogP contribution in [-0.2, 0) is 0 Å². The van der Waals surface area contributed by atoms with Gasteiger partial charge in [-0.15, -0.1) is 11.3 Å². The highest BCUT2D eigenvalue weighted by Crippen LogP contribution is 2.45. The fourth-order valence-corrected chi connectivity index (χ4v) is 7.65. The van der Waals surface area contributed by atoms with E-state index in [0.717, 1.165) is 33.6 Å². The molecule has 0 aliphatic heterocycles. The van der Waals surface area contributed by atoms with Crippen LogP contribution in [0.15, 0.2) is 156 Å². The molecule has 0 spiro atoms. The lowest BCUT2D eigenvalue weighted by atomic mass is 10.0. The molecule has 2 aromatic heterocycles. The van der Waals surface area contributed by atoms with Gasteiger partial charge in [-0.05, 0) is 88.6 Å². The van der Waals surface area contributed by atoms with E-state index in [1.807, 2.05) is 11.3 Å². The molecule has 7 aromatic carbocycles. The van der Waals surface area contributed by atoms with Gasteiger partial charge >= 0.3 is 0 Å². The molecule has 2 heterocycles. The summed E-state index contributed by atoms with van der Waals surface area (Å²) in [6.45, 7) is 0. The predicted octanol–water partition coefficient (Wildman–Crippen LogP) is 12.2. The second kappa shape index (κ2) is 9.59. The molecule has 0 aliphatic carbocycles. The molecule has 2 nitrogen and oxygen atoms in total. The molecule has 0 saturated heterocycles. The van der Waals surface area contributed by atoms with E-state index in [-0.39, 0.29) is 0 Å². The lowest BCUT2D eigenvalue weighted by Crippen LogP contribution is -2.09. The summed E-state index contributed by atoms with van der Waals surface area (Å²) in [5, 5.41) is 7.45. The van der Waals surface area contributed by atoms with Crippen LogP contribution in [0.3, 0.4) is 0 Å². The molecule has 3 heteroatoms. The third kappa shape index (κ3) is 3.93. The van der Waals surface area contributed by atoms with E-state index >= 15 is 0 Å². The monoisotopic (exact) mass is 567 g/mol. The van der Waals surface area contributed by atoms with Crippen molar-refractivity contribution in [3.05, 3.63) is 152 Å². The van der Waals surface area contributed by atoms with Crippen molar-refractivity contribution in [2.24, 2.45) is 0 Å². The maximum Gasteiger partial charge on any atom is 0.136 e.